The summed E-state index contributed by atoms with van der Waals surface area (Å²) in [5.41, 5.74) is 6.61. The van der Waals surface area contributed by atoms with Crippen molar-refractivity contribution in [1.29, 1.82) is 0 Å². The summed E-state index contributed by atoms with van der Waals surface area (Å²) >= 11 is 0. The summed E-state index contributed by atoms with van der Waals surface area (Å²) in [6.07, 6.45) is 5.26. The van der Waals surface area contributed by atoms with Gasteiger partial charge >= 0.3 is 7.12 Å². The number of rotatable bonds is 2. The van der Waals surface area contributed by atoms with E-state index in [2.05, 4.69) is 20.8 Å². The van der Waals surface area contributed by atoms with Crippen molar-refractivity contribution < 1.29 is 9.31 Å². The lowest BCUT2D eigenvalue weighted by Crippen LogP contribution is -2.65. The second-order valence-electron chi connectivity index (χ2n) is 7.75. The van der Waals surface area contributed by atoms with Crippen LogP contribution in [0.15, 0.2) is 0 Å². The second-order valence-corrected chi connectivity index (χ2v) is 7.75. The maximum atomic E-state index is 6.35. The molecule has 5 rings (SSSR count). The molecular weight excluding hydrogens is 225 g/mol. The number of hydrogen-bond acceptors (Lipinski definition) is 3. The summed E-state index contributed by atoms with van der Waals surface area (Å²) in [6, 6.07) is 0. The molecule has 3 nitrogen and oxygen atoms in total. The average molecular weight is 249 g/mol. The molecule has 2 N–H and O–H groups in total. The summed E-state index contributed by atoms with van der Waals surface area (Å²) in [7, 11) is -0.150. The second kappa shape index (κ2) is 3.33. The molecule has 1 aliphatic heterocycles. The number of nitrogens with two attached hydrogens (primary N) is 1. The topological polar surface area (TPSA) is 44.5 Å². The minimum absolute atomic E-state index is 0.0879. The lowest BCUT2D eigenvalue weighted by atomic mass is 9.43. The highest BCUT2D eigenvalue weighted by Gasteiger charge is 2.68. The molecule has 4 saturated carbocycles. The molecule has 5 atom stereocenters. The third-order valence-corrected chi connectivity index (χ3v) is 6.45. The summed E-state index contributed by atoms with van der Waals surface area (Å²) in [5, 5.41) is 0. The lowest BCUT2D eigenvalue weighted by molar-refractivity contribution is -0.199. The van der Waals surface area contributed by atoms with Gasteiger partial charge in [0.25, 0.3) is 0 Å². The largest absolute Gasteiger partial charge is 0.475 e. The zero-order chi connectivity index (χ0) is 12.7. The summed E-state index contributed by atoms with van der Waals surface area (Å²) in [6.45, 7) is 7.05. The Balaban J connectivity index is 1.57. The minimum Gasteiger partial charge on any atom is -0.404 e. The van der Waals surface area contributed by atoms with Crippen molar-refractivity contribution in [3.63, 3.8) is 0 Å². The highest BCUT2D eigenvalue weighted by Crippen LogP contribution is 2.65. The normalized spacial score (nSPS) is 50.7. The first-order chi connectivity index (χ1) is 8.43. The molecule has 0 spiro atoms. The van der Waals surface area contributed by atoms with Crippen LogP contribution in [0.25, 0.3) is 0 Å². The minimum atomic E-state index is -0.150. The molecule has 5 aliphatic rings. The molecule has 2 bridgehead atoms. The molecule has 1 saturated heterocycles. The van der Waals surface area contributed by atoms with Crippen molar-refractivity contribution in [2.75, 3.05) is 0 Å². The predicted octanol–water partition coefficient (Wildman–Crippen LogP) is 1.99. The van der Waals surface area contributed by atoms with Gasteiger partial charge in [-0.2, -0.15) is 0 Å². The van der Waals surface area contributed by atoms with Crippen LogP contribution in [0.2, 0.25) is 0 Å². The first-order valence-electron chi connectivity index (χ1n) is 7.52. The monoisotopic (exact) mass is 249 g/mol. The highest BCUT2D eigenvalue weighted by molar-refractivity contribution is 6.47. The highest BCUT2D eigenvalue weighted by atomic mass is 16.7. The Morgan fingerprint density at radius 2 is 1.94 bits per heavy atom. The summed E-state index contributed by atoms with van der Waals surface area (Å²) in [5.74, 6) is 2.19. The van der Waals surface area contributed by atoms with Crippen LogP contribution in [0.3, 0.4) is 0 Å². The van der Waals surface area contributed by atoms with Crippen LogP contribution in [0.1, 0.15) is 46.5 Å². The average Bonchev–Trinajstić information content (AvgIpc) is 3.08. The Bertz CT molecular complexity index is 384. The first kappa shape index (κ1) is 11.7. The van der Waals surface area contributed by atoms with Crippen LogP contribution in [-0.4, -0.2) is 24.8 Å². The molecule has 4 heteroatoms. The van der Waals surface area contributed by atoms with Crippen LogP contribution in [0, 0.1) is 23.2 Å². The van der Waals surface area contributed by atoms with E-state index in [0.29, 0.717) is 17.3 Å². The fourth-order valence-electron chi connectivity index (χ4n) is 4.77. The zero-order valence-corrected chi connectivity index (χ0v) is 11.7. The Kier molecular flexibility index (Phi) is 2.18. The van der Waals surface area contributed by atoms with Crippen molar-refractivity contribution >= 4 is 7.12 Å². The van der Waals surface area contributed by atoms with Crippen LogP contribution >= 0.6 is 0 Å². The van der Waals surface area contributed by atoms with E-state index in [4.69, 9.17) is 15.0 Å². The maximum absolute atomic E-state index is 6.35. The summed E-state index contributed by atoms with van der Waals surface area (Å²) < 4.78 is 12.5. The fraction of sp³-hybridized carbons (Fsp3) is 1.00. The molecule has 18 heavy (non-hydrogen) atoms. The van der Waals surface area contributed by atoms with Crippen LogP contribution in [0.4, 0.5) is 0 Å². The SMILES string of the molecule is CC1(C)C2CC3OB(C(N)C4CC4)OC3(C)C1C2. The van der Waals surface area contributed by atoms with E-state index >= 15 is 0 Å². The smallest absolute Gasteiger partial charge is 0.404 e. The molecule has 0 aromatic rings. The van der Waals surface area contributed by atoms with Gasteiger partial charge in [0.1, 0.15) is 0 Å². The van der Waals surface area contributed by atoms with E-state index in [1.54, 1.807) is 0 Å². The van der Waals surface area contributed by atoms with E-state index in [-0.39, 0.29) is 24.8 Å². The molecular formula is C14H24BNO2. The standard InChI is InChI=1S/C14H24BNO2/c1-13(2)9-6-10(13)14(3)11(7-9)17-15(18-14)12(16)8-4-5-8/h8-12H,4-7,16H2,1-3H3. The maximum Gasteiger partial charge on any atom is 0.475 e. The zero-order valence-electron chi connectivity index (χ0n) is 11.7. The molecule has 0 aromatic carbocycles. The number of hydrogen-bond donors (Lipinski definition) is 1. The van der Waals surface area contributed by atoms with Gasteiger partial charge in [0.2, 0.25) is 0 Å². The van der Waals surface area contributed by atoms with Gasteiger partial charge in [0.15, 0.2) is 0 Å². The fourth-order valence-corrected chi connectivity index (χ4v) is 4.77. The lowest BCUT2D eigenvalue weighted by Gasteiger charge is -2.64. The quantitative estimate of drug-likeness (QED) is 0.761. The van der Waals surface area contributed by atoms with E-state index in [1.807, 2.05) is 0 Å². The van der Waals surface area contributed by atoms with Crippen LogP contribution < -0.4 is 5.73 Å². The van der Waals surface area contributed by atoms with Crippen LogP contribution in [0.5, 0.6) is 0 Å². The van der Waals surface area contributed by atoms with Gasteiger partial charge in [-0.05, 0) is 55.8 Å². The van der Waals surface area contributed by atoms with E-state index in [9.17, 15) is 0 Å². The Morgan fingerprint density at radius 1 is 1.22 bits per heavy atom. The molecule has 0 radical (unpaired) electrons. The third kappa shape index (κ3) is 1.32. The van der Waals surface area contributed by atoms with Gasteiger partial charge in [0.05, 0.1) is 11.7 Å². The van der Waals surface area contributed by atoms with Gasteiger partial charge in [-0.3, -0.25) is 0 Å². The van der Waals surface area contributed by atoms with E-state index in [0.717, 1.165) is 12.3 Å². The van der Waals surface area contributed by atoms with Gasteiger partial charge in [-0.1, -0.05) is 13.8 Å². The van der Waals surface area contributed by atoms with Crippen molar-refractivity contribution in [3.05, 3.63) is 0 Å². The Labute approximate surface area is 110 Å². The molecule has 5 fully saturated rings. The Hall–Kier alpha value is -0.0551. The summed E-state index contributed by atoms with van der Waals surface area (Å²) in [4.78, 5) is 0. The van der Waals surface area contributed by atoms with Gasteiger partial charge < -0.3 is 15.0 Å². The molecule has 100 valence electrons. The van der Waals surface area contributed by atoms with Crippen molar-refractivity contribution in [3.8, 4) is 0 Å². The molecule has 0 aromatic heterocycles. The Morgan fingerprint density at radius 3 is 2.56 bits per heavy atom. The van der Waals surface area contributed by atoms with Crippen LogP contribution in [-0.2, 0) is 9.31 Å². The van der Waals surface area contributed by atoms with E-state index < -0.39 is 0 Å². The first-order valence-corrected chi connectivity index (χ1v) is 7.52. The molecule has 5 unspecified atom stereocenters. The van der Waals surface area contributed by atoms with Gasteiger partial charge in [0, 0.05) is 5.94 Å². The van der Waals surface area contributed by atoms with Gasteiger partial charge in [-0.15, -0.1) is 0 Å². The third-order valence-electron chi connectivity index (χ3n) is 6.45. The molecule has 0 amide bonds. The molecule has 1 heterocycles. The van der Waals surface area contributed by atoms with Crippen molar-refractivity contribution in [1.82, 2.24) is 0 Å². The molecule has 4 aliphatic carbocycles. The predicted molar refractivity (Wildman–Crippen MR) is 70.8 cm³/mol. The van der Waals surface area contributed by atoms with Gasteiger partial charge in [-0.25, -0.2) is 0 Å². The van der Waals surface area contributed by atoms with E-state index in [1.165, 1.54) is 19.3 Å². The van der Waals surface area contributed by atoms with Crippen molar-refractivity contribution in [2.45, 2.75) is 64.1 Å². The van der Waals surface area contributed by atoms with Crippen molar-refractivity contribution in [2.24, 2.45) is 28.9 Å².